The molecular formula is C14H19BrO3. The van der Waals surface area contributed by atoms with Crippen LogP contribution in [0.1, 0.15) is 30.5 Å². The molecule has 3 nitrogen and oxygen atoms in total. The largest absolute Gasteiger partial charge is 0.476 e. The Kier molecular flexibility index (Phi) is 4.43. The number of hydrogen-bond donors (Lipinski definition) is 0. The number of benzene rings is 1. The zero-order valence-electron chi connectivity index (χ0n) is 11.7. The molecule has 1 rings (SSSR count). The van der Waals surface area contributed by atoms with Crippen LogP contribution < -0.4 is 4.74 Å². The Hall–Kier alpha value is -1.03. The number of esters is 1. The van der Waals surface area contributed by atoms with Crippen molar-refractivity contribution in [1.29, 1.82) is 0 Å². The van der Waals surface area contributed by atoms with Crippen molar-refractivity contribution < 1.29 is 14.3 Å². The van der Waals surface area contributed by atoms with E-state index in [1.165, 1.54) is 12.7 Å². The number of carbonyl (C=O) groups excluding carboxylic acids is 1. The van der Waals surface area contributed by atoms with Crippen LogP contribution in [0.3, 0.4) is 0 Å². The van der Waals surface area contributed by atoms with E-state index in [1.807, 2.05) is 26.8 Å². The monoisotopic (exact) mass is 314 g/mol. The standard InChI is InChI=1S/C14H19BrO3/c1-8-7-11(10(3)12(15)9(8)2)18-14(4,5)13(16)17-6/h7H,1-6H3. The number of carbonyl (C=O) groups is 1. The molecule has 0 aliphatic carbocycles. The Bertz CT molecular complexity index is 478. The normalized spacial score (nSPS) is 11.3. The third-order valence-electron chi connectivity index (χ3n) is 3.01. The summed E-state index contributed by atoms with van der Waals surface area (Å²) < 4.78 is 11.5. The van der Waals surface area contributed by atoms with Gasteiger partial charge in [0.25, 0.3) is 0 Å². The topological polar surface area (TPSA) is 35.5 Å². The van der Waals surface area contributed by atoms with E-state index >= 15 is 0 Å². The van der Waals surface area contributed by atoms with Crippen LogP contribution in [0.2, 0.25) is 0 Å². The first-order chi connectivity index (χ1) is 8.20. The van der Waals surface area contributed by atoms with E-state index in [2.05, 4.69) is 15.9 Å². The van der Waals surface area contributed by atoms with Crippen LogP contribution in [0.5, 0.6) is 5.75 Å². The van der Waals surface area contributed by atoms with Crippen molar-refractivity contribution in [1.82, 2.24) is 0 Å². The summed E-state index contributed by atoms with van der Waals surface area (Å²) in [5.41, 5.74) is 2.27. The second kappa shape index (κ2) is 5.31. The lowest BCUT2D eigenvalue weighted by Gasteiger charge is -2.25. The van der Waals surface area contributed by atoms with Crippen molar-refractivity contribution in [3.05, 3.63) is 27.2 Å². The third kappa shape index (κ3) is 2.86. The van der Waals surface area contributed by atoms with E-state index in [4.69, 9.17) is 9.47 Å². The fourth-order valence-corrected chi connectivity index (χ4v) is 2.15. The zero-order valence-corrected chi connectivity index (χ0v) is 13.3. The number of rotatable bonds is 3. The minimum absolute atomic E-state index is 0.392. The molecule has 0 aromatic heterocycles. The molecule has 0 atom stereocenters. The molecule has 1 aromatic rings. The van der Waals surface area contributed by atoms with Crippen molar-refractivity contribution in [2.45, 2.75) is 40.2 Å². The van der Waals surface area contributed by atoms with Crippen molar-refractivity contribution in [3.63, 3.8) is 0 Å². The van der Waals surface area contributed by atoms with Crippen molar-refractivity contribution in [2.75, 3.05) is 7.11 Å². The minimum atomic E-state index is -0.999. The van der Waals surface area contributed by atoms with E-state index in [9.17, 15) is 4.79 Å². The summed E-state index contributed by atoms with van der Waals surface area (Å²) in [7, 11) is 1.36. The van der Waals surface area contributed by atoms with Gasteiger partial charge in [0.05, 0.1) is 7.11 Å². The van der Waals surface area contributed by atoms with Crippen LogP contribution in [0.25, 0.3) is 0 Å². The lowest BCUT2D eigenvalue weighted by Crippen LogP contribution is -2.39. The average Bonchev–Trinajstić information content (AvgIpc) is 2.31. The molecule has 0 radical (unpaired) electrons. The summed E-state index contributed by atoms with van der Waals surface area (Å²) >= 11 is 3.55. The molecule has 18 heavy (non-hydrogen) atoms. The van der Waals surface area contributed by atoms with Crippen LogP contribution in [0, 0.1) is 20.8 Å². The van der Waals surface area contributed by atoms with Crippen LogP contribution >= 0.6 is 15.9 Å². The van der Waals surface area contributed by atoms with Gasteiger partial charge in [0.2, 0.25) is 0 Å². The molecule has 0 aliphatic heterocycles. The second-order valence-electron chi connectivity index (χ2n) is 4.86. The molecule has 4 heteroatoms. The molecular weight excluding hydrogens is 296 g/mol. The summed E-state index contributed by atoms with van der Waals surface area (Å²) in [4.78, 5) is 11.6. The van der Waals surface area contributed by atoms with Crippen molar-refractivity contribution in [2.24, 2.45) is 0 Å². The number of methoxy groups -OCH3 is 1. The van der Waals surface area contributed by atoms with Crippen LogP contribution in [-0.4, -0.2) is 18.7 Å². The molecule has 100 valence electrons. The molecule has 0 spiro atoms. The van der Waals surface area contributed by atoms with Crippen LogP contribution in [0.4, 0.5) is 0 Å². The van der Waals surface area contributed by atoms with Crippen LogP contribution in [0.15, 0.2) is 10.5 Å². The molecule has 1 aromatic carbocycles. The molecule has 0 aliphatic rings. The van der Waals surface area contributed by atoms with Crippen molar-refractivity contribution in [3.8, 4) is 5.75 Å². The summed E-state index contributed by atoms with van der Waals surface area (Å²) in [5, 5.41) is 0. The molecule has 0 amide bonds. The van der Waals surface area contributed by atoms with E-state index in [-0.39, 0.29) is 0 Å². The Labute approximate surface area is 117 Å². The van der Waals surface area contributed by atoms with Gasteiger partial charge in [-0.25, -0.2) is 4.79 Å². The Morgan fingerprint density at radius 1 is 1.22 bits per heavy atom. The Balaban J connectivity index is 3.17. The van der Waals surface area contributed by atoms with Gasteiger partial charge >= 0.3 is 5.97 Å². The first-order valence-electron chi connectivity index (χ1n) is 5.74. The molecule has 0 saturated heterocycles. The Morgan fingerprint density at radius 2 is 1.78 bits per heavy atom. The minimum Gasteiger partial charge on any atom is -0.476 e. The van der Waals surface area contributed by atoms with E-state index < -0.39 is 11.6 Å². The highest BCUT2D eigenvalue weighted by Gasteiger charge is 2.32. The van der Waals surface area contributed by atoms with E-state index in [0.29, 0.717) is 5.75 Å². The first-order valence-corrected chi connectivity index (χ1v) is 6.53. The van der Waals surface area contributed by atoms with Gasteiger partial charge in [-0.2, -0.15) is 0 Å². The van der Waals surface area contributed by atoms with Gasteiger partial charge in [-0.3, -0.25) is 0 Å². The fourth-order valence-electron chi connectivity index (χ4n) is 1.64. The zero-order chi connectivity index (χ0) is 14.1. The van der Waals surface area contributed by atoms with Gasteiger partial charge in [-0.1, -0.05) is 15.9 Å². The first kappa shape index (κ1) is 15.0. The maximum absolute atomic E-state index is 11.6. The highest BCUT2D eigenvalue weighted by molar-refractivity contribution is 9.10. The summed E-state index contributed by atoms with van der Waals surface area (Å²) in [6.07, 6.45) is 0. The summed E-state index contributed by atoms with van der Waals surface area (Å²) in [6.45, 7) is 9.40. The molecule has 0 bridgehead atoms. The van der Waals surface area contributed by atoms with Gasteiger partial charge in [0.15, 0.2) is 5.60 Å². The van der Waals surface area contributed by atoms with Gasteiger partial charge in [-0.05, 0) is 51.8 Å². The fraction of sp³-hybridized carbons (Fsp3) is 0.500. The third-order valence-corrected chi connectivity index (χ3v) is 4.20. The highest BCUT2D eigenvalue weighted by atomic mass is 79.9. The lowest BCUT2D eigenvalue weighted by atomic mass is 10.0. The van der Waals surface area contributed by atoms with E-state index in [0.717, 1.165) is 15.6 Å². The van der Waals surface area contributed by atoms with Gasteiger partial charge in [0, 0.05) is 10.0 Å². The van der Waals surface area contributed by atoms with Crippen molar-refractivity contribution >= 4 is 21.9 Å². The molecule has 0 fully saturated rings. The quantitative estimate of drug-likeness (QED) is 0.798. The molecule has 0 heterocycles. The number of hydrogen-bond acceptors (Lipinski definition) is 3. The summed E-state index contributed by atoms with van der Waals surface area (Å²) in [5.74, 6) is 0.302. The number of halogens is 1. The Morgan fingerprint density at radius 3 is 2.28 bits per heavy atom. The highest BCUT2D eigenvalue weighted by Crippen LogP contribution is 2.33. The predicted molar refractivity (Wildman–Crippen MR) is 75.1 cm³/mol. The second-order valence-corrected chi connectivity index (χ2v) is 5.65. The van der Waals surface area contributed by atoms with Gasteiger partial charge in [-0.15, -0.1) is 0 Å². The van der Waals surface area contributed by atoms with Gasteiger partial charge < -0.3 is 9.47 Å². The maximum Gasteiger partial charge on any atom is 0.349 e. The lowest BCUT2D eigenvalue weighted by molar-refractivity contribution is -0.156. The van der Waals surface area contributed by atoms with E-state index in [1.54, 1.807) is 13.8 Å². The molecule has 0 N–H and O–H groups in total. The maximum atomic E-state index is 11.6. The number of ether oxygens (including phenoxy) is 2. The van der Waals surface area contributed by atoms with Gasteiger partial charge in [0.1, 0.15) is 5.75 Å². The number of aryl methyl sites for hydroxylation is 1. The average molecular weight is 315 g/mol. The molecule has 0 saturated carbocycles. The van der Waals surface area contributed by atoms with Crippen LogP contribution in [-0.2, 0) is 9.53 Å². The SMILES string of the molecule is COC(=O)C(C)(C)Oc1cc(C)c(C)c(Br)c1C. The summed E-state index contributed by atoms with van der Waals surface area (Å²) in [6, 6.07) is 1.94. The molecule has 0 unspecified atom stereocenters. The smallest absolute Gasteiger partial charge is 0.349 e. The predicted octanol–water partition coefficient (Wildman–Crippen LogP) is 3.70.